The highest BCUT2D eigenvalue weighted by atomic mass is 32.2. The zero-order chi connectivity index (χ0) is 23.8. The lowest BCUT2D eigenvalue weighted by atomic mass is 10.2. The van der Waals surface area contributed by atoms with E-state index < -0.39 is 20.0 Å². The van der Waals surface area contributed by atoms with Gasteiger partial charge in [0.2, 0.25) is 0 Å². The number of sulfonamides is 2. The summed E-state index contributed by atoms with van der Waals surface area (Å²) in [4.78, 5) is 0.171. The Morgan fingerprint density at radius 1 is 0.688 bits per heavy atom. The average Bonchev–Trinajstić information content (AvgIpc) is 2.75. The van der Waals surface area contributed by atoms with E-state index in [4.69, 9.17) is 0 Å². The molecule has 2 aromatic carbocycles. The zero-order valence-corrected chi connectivity index (χ0v) is 19.6. The molecule has 2 rings (SSSR count). The summed E-state index contributed by atoms with van der Waals surface area (Å²) in [5.41, 5.74) is 1.85. The molecule has 8 heteroatoms. The van der Waals surface area contributed by atoms with E-state index in [0.29, 0.717) is 0 Å². The standard InChI is InChI=1S/C24H24N2O4S2/c1-5-17-25(31(27,28)23-13-9-21(3)10-14-23)19-7-8-20-26(18-6-2)32(29,30)24-15-11-22(4)12-16-24/h5-6,9-16H,1-2,17-18H2,3-4H3. The van der Waals surface area contributed by atoms with Crippen LogP contribution >= 0.6 is 0 Å². The molecule has 6 nitrogen and oxygen atoms in total. The summed E-state index contributed by atoms with van der Waals surface area (Å²) in [6.45, 7) is 10.7. The minimum Gasteiger partial charge on any atom is -0.220 e. The van der Waals surface area contributed by atoms with Crippen LogP contribution in [0, 0.1) is 37.8 Å². The Morgan fingerprint density at radius 2 is 1.00 bits per heavy atom. The van der Waals surface area contributed by atoms with Crippen LogP contribution in [0.3, 0.4) is 0 Å². The smallest absolute Gasteiger partial charge is 0.220 e. The van der Waals surface area contributed by atoms with E-state index in [-0.39, 0.29) is 22.9 Å². The lowest BCUT2D eigenvalue weighted by Crippen LogP contribution is -2.27. The first kappa shape index (κ1) is 24.8. The van der Waals surface area contributed by atoms with Crippen molar-refractivity contribution in [1.82, 2.24) is 8.61 Å². The Hall–Kier alpha value is -3.46. The van der Waals surface area contributed by atoms with Gasteiger partial charge in [0.15, 0.2) is 0 Å². The molecule has 0 N–H and O–H groups in total. The molecule has 0 bridgehead atoms. The Balaban J connectivity index is 2.35. The number of rotatable bonds is 8. The largest absolute Gasteiger partial charge is 0.271 e. The van der Waals surface area contributed by atoms with E-state index in [0.717, 1.165) is 19.7 Å². The van der Waals surface area contributed by atoms with Crippen molar-refractivity contribution in [3.63, 3.8) is 0 Å². The van der Waals surface area contributed by atoms with Crippen LogP contribution < -0.4 is 0 Å². The van der Waals surface area contributed by atoms with Crippen LogP contribution in [0.5, 0.6) is 0 Å². The molecule has 0 amide bonds. The topological polar surface area (TPSA) is 74.8 Å². The molecule has 0 aromatic heterocycles. The normalized spacial score (nSPS) is 10.7. The fraction of sp³-hybridized carbons (Fsp3) is 0.167. The van der Waals surface area contributed by atoms with Gasteiger partial charge in [-0.15, -0.1) is 13.2 Å². The number of hydrogen-bond acceptors (Lipinski definition) is 4. The Morgan fingerprint density at radius 3 is 1.28 bits per heavy atom. The SMILES string of the molecule is C=CCN(C#CC#CN(CC=C)S(=O)(=O)c1ccc(C)cc1)S(=O)(=O)c1ccc(C)cc1. The zero-order valence-electron chi connectivity index (χ0n) is 17.9. The molecule has 0 aliphatic carbocycles. The van der Waals surface area contributed by atoms with Gasteiger partial charge in [-0.25, -0.2) is 25.4 Å². The second kappa shape index (κ2) is 10.7. The van der Waals surface area contributed by atoms with Gasteiger partial charge in [-0.2, -0.15) is 0 Å². The summed E-state index contributed by atoms with van der Waals surface area (Å²) in [7, 11) is -7.79. The van der Waals surface area contributed by atoms with Gasteiger partial charge in [0.1, 0.15) is 0 Å². The minimum absolute atomic E-state index is 0.0527. The highest BCUT2D eigenvalue weighted by Gasteiger charge is 2.22. The van der Waals surface area contributed by atoms with E-state index in [1.54, 1.807) is 24.3 Å². The summed E-state index contributed by atoms with van der Waals surface area (Å²) in [5, 5.41) is 0. The van der Waals surface area contributed by atoms with Gasteiger partial charge in [0.25, 0.3) is 20.0 Å². The first-order chi connectivity index (χ1) is 15.1. The van der Waals surface area contributed by atoms with E-state index in [1.807, 2.05) is 13.8 Å². The van der Waals surface area contributed by atoms with Crippen molar-refractivity contribution in [2.75, 3.05) is 13.1 Å². The van der Waals surface area contributed by atoms with Crippen molar-refractivity contribution in [2.24, 2.45) is 0 Å². The number of hydrogen-bond donors (Lipinski definition) is 0. The Labute approximate surface area is 191 Å². The lowest BCUT2D eigenvalue weighted by molar-refractivity contribution is 0.531. The molecule has 0 atom stereocenters. The van der Waals surface area contributed by atoms with E-state index in [9.17, 15) is 16.8 Å². The third-order valence-corrected chi connectivity index (χ3v) is 7.61. The molecular formula is C24H24N2O4S2. The van der Waals surface area contributed by atoms with Crippen LogP contribution in [-0.2, 0) is 20.0 Å². The van der Waals surface area contributed by atoms with Crippen molar-refractivity contribution in [1.29, 1.82) is 0 Å². The third kappa shape index (κ3) is 6.04. The van der Waals surface area contributed by atoms with Crippen LogP contribution in [0.4, 0.5) is 0 Å². The van der Waals surface area contributed by atoms with Crippen molar-refractivity contribution < 1.29 is 16.8 Å². The van der Waals surface area contributed by atoms with E-state index in [1.165, 1.54) is 36.4 Å². The molecule has 166 valence electrons. The molecule has 2 aromatic rings. The van der Waals surface area contributed by atoms with Gasteiger partial charge in [-0.3, -0.25) is 0 Å². The van der Waals surface area contributed by atoms with Crippen LogP contribution in [-0.4, -0.2) is 38.5 Å². The first-order valence-corrected chi connectivity index (χ1v) is 12.4. The van der Waals surface area contributed by atoms with Gasteiger partial charge in [-0.05, 0) is 38.1 Å². The molecule has 0 unspecified atom stereocenters. The van der Waals surface area contributed by atoms with Crippen molar-refractivity contribution in [3.8, 4) is 23.9 Å². The molecule has 0 fully saturated rings. The molecule has 0 heterocycles. The minimum atomic E-state index is -3.89. The van der Waals surface area contributed by atoms with E-state index in [2.05, 4.69) is 37.1 Å². The second-order valence-electron chi connectivity index (χ2n) is 6.75. The summed E-state index contributed by atoms with van der Waals surface area (Å²) >= 11 is 0. The van der Waals surface area contributed by atoms with Gasteiger partial charge in [0, 0.05) is 23.9 Å². The molecule has 0 saturated heterocycles. The quantitative estimate of drug-likeness (QED) is 0.339. The van der Waals surface area contributed by atoms with Crippen LogP contribution in [0.25, 0.3) is 0 Å². The number of benzene rings is 2. The monoisotopic (exact) mass is 468 g/mol. The van der Waals surface area contributed by atoms with E-state index >= 15 is 0 Å². The fourth-order valence-corrected chi connectivity index (χ4v) is 4.90. The maximum atomic E-state index is 12.8. The summed E-state index contributed by atoms with van der Waals surface area (Å²) in [6.07, 6.45) is 2.80. The third-order valence-electron chi connectivity index (χ3n) is 4.23. The predicted octanol–water partition coefficient (Wildman–Crippen LogP) is 3.28. The molecule has 0 aliphatic rings. The Kier molecular flexibility index (Phi) is 8.31. The highest BCUT2D eigenvalue weighted by molar-refractivity contribution is 7.89. The summed E-state index contributed by atoms with van der Waals surface area (Å²) in [6, 6.07) is 17.7. The Bertz CT molecular complexity index is 1200. The van der Waals surface area contributed by atoms with Crippen LogP contribution in [0.15, 0.2) is 83.6 Å². The molecule has 0 saturated carbocycles. The maximum absolute atomic E-state index is 12.8. The van der Waals surface area contributed by atoms with Gasteiger partial charge in [0.05, 0.1) is 22.9 Å². The molecule has 0 aliphatic heterocycles. The molecule has 0 spiro atoms. The lowest BCUT2D eigenvalue weighted by Gasteiger charge is -2.16. The van der Waals surface area contributed by atoms with Crippen molar-refractivity contribution >= 4 is 20.0 Å². The van der Waals surface area contributed by atoms with Crippen molar-refractivity contribution in [3.05, 3.63) is 85.0 Å². The first-order valence-electron chi connectivity index (χ1n) is 9.55. The van der Waals surface area contributed by atoms with Gasteiger partial charge < -0.3 is 0 Å². The molecule has 32 heavy (non-hydrogen) atoms. The van der Waals surface area contributed by atoms with Crippen LogP contribution in [0.1, 0.15) is 11.1 Å². The van der Waals surface area contributed by atoms with Crippen molar-refractivity contribution in [2.45, 2.75) is 23.6 Å². The average molecular weight is 469 g/mol. The predicted molar refractivity (Wildman–Crippen MR) is 126 cm³/mol. The summed E-state index contributed by atoms with van der Waals surface area (Å²) < 4.78 is 53.2. The molecule has 0 radical (unpaired) electrons. The highest BCUT2D eigenvalue weighted by Crippen LogP contribution is 2.17. The van der Waals surface area contributed by atoms with Gasteiger partial charge in [-0.1, -0.05) is 47.5 Å². The summed E-state index contributed by atoms with van der Waals surface area (Å²) in [5.74, 6) is 4.85. The maximum Gasteiger partial charge on any atom is 0.271 e. The molecular weight excluding hydrogens is 444 g/mol. The number of aryl methyl sites for hydroxylation is 2. The second-order valence-corrected chi connectivity index (χ2v) is 10.5. The van der Waals surface area contributed by atoms with Gasteiger partial charge >= 0.3 is 0 Å². The fourth-order valence-electron chi connectivity index (χ4n) is 2.50. The number of nitrogens with zero attached hydrogens (tertiary/aromatic N) is 2. The van der Waals surface area contributed by atoms with Crippen LogP contribution in [0.2, 0.25) is 0 Å².